The summed E-state index contributed by atoms with van der Waals surface area (Å²) >= 11 is 6.93. The van der Waals surface area contributed by atoms with Gasteiger partial charge in [0.25, 0.3) is 11.2 Å². The number of carbonyl (C=O) groups excluding carboxylic acids is 1. The molecule has 1 aromatic heterocycles. The first-order chi connectivity index (χ1) is 16.4. The Morgan fingerprint density at radius 3 is 2.59 bits per heavy atom. The van der Waals surface area contributed by atoms with Gasteiger partial charge >= 0.3 is 0 Å². The molecule has 0 aliphatic heterocycles. The molecule has 0 fully saturated rings. The monoisotopic (exact) mass is 494 g/mol. The van der Waals surface area contributed by atoms with E-state index in [1.165, 1.54) is 22.8 Å². The smallest absolute Gasteiger partial charge is 0.289 e. The van der Waals surface area contributed by atoms with Crippen LogP contribution in [-0.2, 0) is 11.2 Å². The summed E-state index contributed by atoms with van der Waals surface area (Å²) in [5.41, 5.74) is 2.04. The zero-order chi connectivity index (χ0) is 24.2. The molecule has 0 unspecified atom stereocenters. The van der Waals surface area contributed by atoms with Gasteiger partial charge in [-0.2, -0.15) is 0 Å². The number of amides is 1. The molecule has 172 valence electrons. The summed E-state index contributed by atoms with van der Waals surface area (Å²) in [5, 5.41) is 14.5. The number of thioether (sulfide) groups is 1. The molecular formula is C24H19ClN4O4S. The van der Waals surface area contributed by atoms with Crippen LogP contribution in [0.1, 0.15) is 12.5 Å². The van der Waals surface area contributed by atoms with Crippen LogP contribution in [0.2, 0.25) is 5.02 Å². The number of nitrogens with zero attached hydrogens (tertiary/aromatic N) is 3. The highest BCUT2D eigenvalue weighted by Gasteiger charge is 2.17. The number of para-hydroxylation sites is 1. The highest BCUT2D eigenvalue weighted by Crippen LogP contribution is 2.28. The number of hydrogen-bond acceptors (Lipinski definition) is 6. The lowest BCUT2D eigenvalue weighted by molar-refractivity contribution is -0.384. The maximum Gasteiger partial charge on any atom is 0.289 e. The van der Waals surface area contributed by atoms with Gasteiger partial charge in [-0.3, -0.25) is 24.3 Å². The van der Waals surface area contributed by atoms with Crippen LogP contribution in [0.5, 0.6) is 0 Å². The molecule has 0 aliphatic rings. The summed E-state index contributed by atoms with van der Waals surface area (Å²) in [6.07, 6.45) is 0.871. The molecular weight excluding hydrogens is 476 g/mol. The summed E-state index contributed by atoms with van der Waals surface area (Å²) in [4.78, 5) is 41.0. The SMILES string of the molecule is CCc1ccc(-n2c(SCC(=O)Nc3ccc(Cl)c([N+](=O)[O-])c3)nc3ccccc3c2=O)cc1. The largest absolute Gasteiger partial charge is 0.325 e. The van der Waals surface area contributed by atoms with Crippen molar-refractivity contribution in [3.63, 3.8) is 0 Å². The lowest BCUT2D eigenvalue weighted by Gasteiger charge is -2.13. The first-order valence-corrected chi connectivity index (χ1v) is 11.7. The van der Waals surface area contributed by atoms with Crippen molar-refractivity contribution in [2.75, 3.05) is 11.1 Å². The van der Waals surface area contributed by atoms with E-state index in [-0.39, 0.29) is 27.7 Å². The number of nitrogens with one attached hydrogen (secondary N) is 1. The number of carbonyl (C=O) groups is 1. The minimum absolute atomic E-state index is 0.0177. The number of aryl methyl sites for hydroxylation is 1. The average Bonchev–Trinajstić information content (AvgIpc) is 2.84. The molecule has 0 spiro atoms. The predicted molar refractivity (Wildman–Crippen MR) is 134 cm³/mol. The van der Waals surface area contributed by atoms with Gasteiger partial charge in [0.15, 0.2) is 5.16 Å². The third kappa shape index (κ3) is 4.95. The zero-order valence-electron chi connectivity index (χ0n) is 18.0. The van der Waals surface area contributed by atoms with Crippen LogP contribution in [0.4, 0.5) is 11.4 Å². The van der Waals surface area contributed by atoms with Crippen LogP contribution >= 0.6 is 23.4 Å². The fourth-order valence-corrected chi connectivity index (χ4v) is 4.37. The van der Waals surface area contributed by atoms with Crippen LogP contribution < -0.4 is 10.9 Å². The molecule has 8 nitrogen and oxygen atoms in total. The molecule has 0 saturated heterocycles. The van der Waals surface area contributed by atoms with E-state index >= 15 is 0 Å². The van der Waals surface area contributed by atoms with E-state index in [9.17, 15) is 19.7 Å². The number of fused-ring (bicyclic) bond motifs is 1. The minimum atomic E-state index is -0.617. The van der Waals surface area contributed by atoms with Gasteiger partial charge < -0.3 is 5.32 Å². The van der Waals surface area contributed by atoms with Gasteiger partial charge in [0, 0.05) is 11.8 Å². The zero-order valence-corrected chi connectivity index (χ0v) is 19.6. The van der Waals surface area contributed by atoms with Crippen molar-refractivity contribution in [3.8, 4) is 5.69 Å². The summed E-state index contributed by atoms with van der Waals surface area (Å²) in [7, 11) is 0. The van der Waals surface area contributed by atoms with Crippen LogP contribution in [-0.4, -0.2) is 26.1 Å². The fourth-order valence-electron chi connectivity index (χ4n) is 3.38. The van der Waals surface area contributed by atoms with Gasteiger partial charge in [-0.1, -0.05) is 54.6 Å². The number of aromatic nitrogens is 2. The molecule has 0 aliphatic carbocycles. The van der Waals surface area contributed by atoms with E-state index in [0.29, 0.717) is 21.7 Å². The Hall–Kier alpha value is -3.69. The third-order valence-corrected chi connectivity index (χ3v) is 6.36. The van der Waals surface area contributed by atoms with Crippen molar-refractivity contribution in [3.05, 3.63) is 97.8 Å². The summed E-state index contributed by atoms with van der Waals surface area (Å²) < 4.78 is 1.49. The molecule has 0 saturated carbocycles. The van der Waals surface area contributed by atoms with E-state index < -0.39 is 10.8 Å². The molecule has 4 aromatic rings. The Morgan fingerprint density at radius 1 is 1.15 bits per heavy atom. The highest BCUT2D eigenvalue weighted by atomic mass is 35.5. The van der Waals surface area contributed by atoms with Crippen molar-refractivity contribution in [2.24, 2.45) is 0 Å². The molecule has 3 aromatic carbocycles. The van der Waals surface area contributed by atoms with E-state index in [1.807, 2.05) is 31.2 Å². The van der Waals surface area contributed by atoms with E-state index in [0.717, 1.165) is 23.7 Å². The van der Waals surface area contributed by atoms with Crippen molar-refractivity contribution in [1.82, 2.24) is 9.55 Å². The van der Waals surface area contributed by atoms with Crippen LogP contribution in [0.3, 0.4) is 0 Å². The van der Waals surface area contributed by atoms with Crippen molar-refractivity contribution >= 4 is 51.5 Å². The number of nitro groups is 1. The number of hydrogen-bond donors (Lipinski definition) is 1. The molecule has 0 radical (unpaired) electrons. The molecule has 0 bridgehead atoms. The maximum atomic E-state index is 13.3. The standard InChI is InChI=1S/C24H19ClN4O4S/c1-2-15-7-10-17(11-8-15)28-23(31)18-5-3-4-6-20(18)27-24(28)34-14-22(30)26-16-9-12-19(25)21(13-16)29(32)33/h3-13H,2,14H2,1H3,(H,26,30). The molecule has 0 atom stereocenters. The topological polar surface area (TPSA) is 107 Å². The number of anilines is 1. The lowest BCUT2D eigenvalue weighted by atomic mass is 10.1. The van der Waals surface area contributed by atoms with E-state index in [2.05, 4.69) is 10.3 Å². The van der Waals surface area contributed by atoms with E-state index in [1.54, 1.807) is 24.3 Å². The first kappa shape index (κ1) is 23.5. The Bertz CT molecular complexity index is 1450. The van der Waals surface area contributed by atoms with Gasteiger partial charge in [0.05, 0.1) is 27.3 Å². The van der Waals surface area contributed by atoms with Crippen LogP contribution in [0, 0.1) is 10.1 Å². The highest BCUT2D eigenvalue weighted by molar-refractivity contribution is 7.99. The Kier molecular flexibility index (Phi) is 6.95. The molecule has 10 heteroatoms. The summed E-state index contributed by atoms with van der Waals surface area (Å²) in [6, 6.07) is 18.7. The number of rotatable bonds is 7. The van der Waals surface area contributed by atoms with Crippen molar-refractivity contribution in [2.45, 2.75) is 18.5 Å². The Morgan fingerprint density at radius 2 is 1.88 bits per heavy atom. The number of benzene rings is 3. The summed E-state index contributed by atoms with van der Waals surface area (Å²) in [6.45, 7) is 2.05. The maximum absolute atomic E-state index is 13.3. The van der Waals surface area contributed by atoms with Gasteiger partial charge in [-0.15, -0.1) is 0 Å². The average molecular weight is 495 g/mol. The van der Waals surface area contributed by atoms with Gasteiger partial charge in [-0.25, -0.2) is 4.98 Å². The van der Waals surface area contributed by atoms with Crippen molar-refractivity contribution < 1.29 is 9.72 Å². The van der Waals surface area contributed by atoms with Crippen molar-refractivity contribution in [1.29, 1.82) is 0 Å². The molecule has 1 amide bonds. The number of nitro benzene ring substituents is 1. The lowest BCUT2D eigenvalue weighted by Crippen LogP contribution is -2.23. The molecule has 4 rings (SSSR count). The van der Waals surface area contributed by atoms with Crippen LogP contribution in [0.25, 0.3) is 16.6 Å². The number of halogens is 1. The third-order valence-electron chi connectivity index (χ3n) is 5.11. The predicted octanol–water partition coefficient (Wildman–Crippen LogP) is 5.24. The van der Waals surface area contributed by atoms with Gasteiger partial charge in [0.2, 0.25) is 5.91 Å². The Balaban J connectivity index is 1.63. The fraction of sp³-hybridized carbons (Fsp3) is 0.125. The molecule has 1 N–H and O–H groups in total. The Labute approximate surface area is 203 Å². The van der Waals surface area contributed by atoms with Gasteiger partial charge in [-0.05, 0) is 48.4 Å². The second-order valence-electron chi connectivity index (χ2n) is 7.33. The normalized spacial score (nSPS) is 10.9. The van der Waals surface area contributed by atoms with Gasteiger partial charge in [0.1, 0.15) is 5.02 Å². The quantitative estimate of drug-likeness (QED) is 0.163. The van der Waals surface area contributed by atoms with Crippen LogP contribution in [0.15, 0.2) is 76.7 Å². The first-order valence-electron chi connectivity index (χ1n) is 10.3. The molecule has 34 heavy (non-hydrogen) atoms. The summed E-state index contributed by atoms with van der Waals surface area (Å²) in [5.74, 6) is -0.467. The van der Waals surface area contributed by atoms with E-state index in [4.69, 9.17) is 11.6 Å². The second kappa shape index (κ2) is 10.1. The minimum Gasteiger partial charge on any atom is -0.325 e. The second-order valence-corrected chi connectivity index (χ2v) is 8.68. The molecule has 1 heterocycles.